The predicted molar refractivity (Wildman–Crippen MR) is 138 cm³/mol. The van der Waals surface area contributed by atoms with Crippen molar-refractivity contribution < 1.29 is 23.9 Å². The van der Waals surface area contributed by atoms with Crippen LogP contribution < -0.4 is 5.73 Å². The van der Waals surface area contributed by atoms with E-state index in [0.29, 0.717) is 19.4 Å². The van der Waals surface area contributed by atoms with Gasteiger partial charge in [-0.2, -0.15) is 0 Å². The molecular formula is C28H43N3O5. The minimum atomic E-state index is -0.811. The van der Waals surface area contributed by atoms with Crippen molar-refractivity contribution in [2.45, 2.75) is 85.0 Å². The number of carbonyl (C=O) groups excluding carboxylic acids is 3. The first-order chi connectivity index (χ1) is 16.8. The maximum absolute atomic E-state index is 14.3. The number of piperidine rings is 1. The lowest BCUT2D eigenvalue weighted by Gasteiger charge is -2.38. The first kappa shape index (κ1) is 28.0. The van der Waals surface area contributed by atoms with Crippen LogP contribution in [0.3, 0.4) is 0 Å². The zero-order chi connectivity index (χ0) is 26.8. The van der Waals surface area contributed by atoms with Gasteiger partial charge in [-0.25, -0.2) is 9.59 Å². The third-order valence-electron chi connectivity index (χ3n) is 7.06. The molecule has 2 aliphatic rings. The molecule has 36 heavy (non-hydrogen) atoms. The number of nitrogens with two attached hydrogens (primary N) is 1. The van der Waals surface area contributed by atoms with Crippen LogP contribution in [0.2, 0.25) is 0 Å². The predicted octanol–water partition coefficient (Wildman–Crippen LogP) is 4.14. The van der Waals surface area contributed by atoms with Gasteiger partial charge in [0.2, 0.25) is 5.91 Å². The number of ether oxygens (including phenoxy) is 2. The molecule has 0 spiro atoms. The molecule has 8 nitrogen and oxygen atoms in total. The smallest absolute Gasteiger partial charge is 0.410 e. The van der Waals surface area contributed by atoms with E-state index in [1.54, 1.807) is 16.7 Å². The molecule has 1 aromatic carbocycles. The number of nitrogens with zero attached hydrogens (tertiary/aromatic N) is 2. The third kappa shape index (κ3) is 6.02. The van der Waals surface area contributed by atoms with Crippen LogP contribution in [-0.2, 0) is 19.1 Å². The number of hydrogen-bond acceptors (Lipinski definition) is 6. The zero-order valence-electron chi connectivity index (χ0n) is 22.8. The number of rotatable bonds is 4. The first-order valence-electron chi connectivity index (χ1n) is 13.0. The number of carbonyl (C=O) groups is 3. The lowest BCUT2D eigenvalue weighted by Crippen LogP contribution is -2.52. The van der Waals surface area contributed by atoms with Crippen LogP contribution in [0.1, 0.15) is 72.9 Å². The van der Waals surface area contributed by atoms with Crippen LogP contribution in [-0.4, -0.2) is 65.2 Å². The van der Waals surface area contributed by atoms with E-state index in [4.69, 9.17) is 15.2 Å². The number of hydrogen-bond donors (Lipinski definition) is 1. The summed E-state index contributed by atoms with van der Waals surface area (Å²) in [6.07, 6.45) is 0.881. The van der Waals surface area contributed by atoms with Gasteiger partial charge >= 0.3 is 12.1 Å². The molecule has 2 heterocycles. The van der Waals surface area contributed by atoms with Gasteiger partial charge in [0.15, 0.2) is 0 Å². The highest BCUT2D eigenvalue weighted by molar-refractivity contribution is 5.88. The summed E-state index contributed by atoms with van der Waals surface area (Å²) in [7, 11) is 0. The molecule has 200 valence electrons. The highest BCUT2D eigenvalue weighted by Crippen LogP contribution is 2.48. The largest absolute Gasteiger partial charge is 0.464 e. The fraction of sp³-hybridized carbons (Fsp3) is 0.679. The first-order valence-corrected chi connectivity index (χ1v) is 13.0. The van der Waals surface area contributed by atoms with Gasteiger partial charge in [-0.05, 0) is 51.5 Å². The Morgan fingerprint density at radius 2 is 1.69 bits per heavy atom. The van der Waals surface area contributed by atoms with Gasteiger partial charge in [0.05, 0.1) is 18.6 Å². The molecule has 0 unspecified atom stereocenters. The molecule has 0 radical (unpaired) electrons. The van der Waals surface area contributed by atoms with Crippen LogP contribution in [0.15, 0.2) is 30.3 Å². The number of esters is 1. The van der Waals surface area contributed by atoms with Crippen molar-refractivity contribution in [2.75, 3.05) is 19.7 Å². The number of amides is 2. The SMILES string of the molecule is CCOC(=O)[C@@H]1[C@@H](C(C)(C)C)[C@H](N)[C@H](c2ccccc2)N1C(=O)[C@@H]1CCCN(C(=O)OC(C)(C)C)C1. The van der Waals surface area contributed by atoms with Gasteiger partial charge in [-0.1, -0.05) is 51.1 Å². The molecule has 5 atom stereocenters. The minimum Gasteiger partial charge on any atom is -0.464 e. The fourth-order valence-electron chi connectivity index (χ4n) is 5.67. The molecule has 2 aliphatic heterocycles. The Morgan fingerprint density at radius 1 is 1.06 bits per heavy atom. The summed E-state index contributed by atoms with van der Waals surface area (Å²) >= 11 is 0. The summed E-state index contributed by atoms with van der Waals surface area (Å²) in [4.78, 5) is 43.7. The molecule has 2 N–H and O–H groups in total. The lowest BCUT2D eigenvalue weighted by molar-refractivity contribution is -0.159. The number of likely N-dealkylation sites (tertiary alicyclic amines) is 2. The Bertz CT molecular complexity index is 937. The minimum absolute atomic E-state index is 0.169. The van der Waals surface area contributed by atoms with Gasteiger partial charge in [0.25, 0.3) is 0 Å². The van der Waals surface area contributed by atoms with Crippen LogP contribution in [0, 0.1) is 17.3 Å². The molecule has 2 amide bonds. The van der Waals surface area contributed by atoms with Crippen molar-refractivity contribution in [1.29, 1.82) is 0 Å². The van der Waals surface area contributed by atoms with Crippen molar-refractivity contribution in [1.82, 2.24) is 9.80 Å². The third-order valence-corrected chi connectivity index (χ3v) is 7.06. The molecule has 0 aromatic heterocycles. The Labute approximate surface area is 215 Å². The maximum Gasteiger partial charge on any atom is 0.410 e. The van der Waals surface area contributed by atoms with Crippen LogP contribution >= 0.6 is 0 Å². The molecular weight excluding hydrogens is 458 g/mol. The van der Waals surface area contributed by atoms with Gasteiger partial charge < -0.3 is 25.0 Å². The van der Waals surface area contributed by atoms with Gasteiger partial charge in [-0.15, -0.1) is 0 Å². The van der Waals surface area contributed by atoms with Crippen molar-refractivity contribution in [3.8, 4) is 0 Å². The number of benzene rings is 1. The van der Waals surface area contributed by atoms with Crippen molar-refractivity contribution in [3.63, 3.8) is 0 Å². The monoisotopic (exact) mass is 501 g/mol. The van der Waals surface area contributed by atoms with E-state index in [9.17, 15) is 14.4 Å². The summed E-state index contributed by atoms with van der Waals surface area (Å²) in [5.74, 6) is -1.37. The van der Waals surface area contributed by atoms with E-state index in [-0.39, 0.29) is 30.4 Å². The van der Waals surface area contributed by atoms with Gasteiger partial charge in [0.1, 0.15) is 11.6 Å². The lowest BCUT2D eigenvalue weighted by atomic mass is 9.73. The second-order valence-electron chi connectivity index (χ2n) is 12.0. The van der Waals surface area contributed by atoms with Crippen LogP contribution in [0.25, 0.3) is 0 Å². The van der Waals surface area contributed by atoms with E-state index in [1.807, 2.05) is 71.9 Å². The highest BCUT2D eigenvalue weighted by atomic mass is 16.6. The van der Waals surface area contributed by atoms with Crippen LogP contribution in [0.5, 0.6) is 0 Å². The van der Waals surface area contributed by atoms with E-state index in [0.717, 1.165) is 5.56 Å². The fourth-order valence-corrected chi connectivity index (χ4v) is 5.67. The molecule has 3 rings (SSSR count). The zero-order valence-corrected chi connectivity index (χ0v) is 22.8. The van der Waals surface area contributed by atoms with Crippen molar-refractivity contribution in [2.24, 2.45) is 23.0 Å². The second-order valence-corrected chi connectivity index (χ2v) is 12.0. The second kappa shape index (κ2) is 10.8. The standard InChI is InChI=1S/C28H43N3O5/c1-8-35-25(33)23-20(27(2,3)4)21(29)22(18-13-10-9-11-14-18)31(23)24(32)19-15-12-16-30(17-19)26(34)36-28(5,6)7/h9-11,13-14,19-23H,8,12,15-17,29H2,1-7H3/t19-,20+,21+,22+,23+/m1/s1. The van der Waals surface area contributed by atoms with Crippen LogP contribution in [0.4, 0.5) is 4.79 Å². The molecule has 0 bridgehead atoms. The molecule has 8 heteroatoms. The average Bonchev–Trinajstić information content (AvgIpc) is 3.11. The van der Waals surface area contributed by atoms with Gasteiger partial charge in [-0.3, -0.25) is 4.79 Å². The normalized spacial score (nSPS) is 27.1. The Hall–Kier alpha value is -2.61. The Morgan fingerprint density at radius 3 is 2.25 bits per heavy atom. The molecule has 2 saturated heterocycles. The average molecular weight is 502 g/mol. The maximum atomic E-state index is 14.3. The van der Waals surface area contributed by atoms with E-state index in [2.05, 4.69) is 0 Å². The van der Waals surface area contributed by atoms with Crippen molar-refractivity contribution >= 4 is 18.0 Å². The summed E-state index contributed by atoms with van der Waals surface area (Å²) in [6, 6.07) is 7.90. The summed E-state index contributed by atoms with van der Waals surface area (Å²) in [5, 5.41) is 0. The van der Waals surface area contributed by atoms with Crippen molar-refractivity contribution in [3.05, 3.63) is 35.9 Å². The van der Waals surface area contributed by atoms with E-state index < -0.39 is 41.7 Å². The van der Waals surface area contributed by atoms with E-state index >= 15 is 0 Å². The quantitative estimate of drug-likeness (QED) is 0.622. The summed E-state index contributed by atoms with van der Waals surface area (Å²) in [6.45, 7) is 14.4. The Balaban J connectivity index is 2.00. The van der Waals surface area contributed by atoms with Gasteiger partial charge in [0, 0.05) is 25.0 Å². The summed E-state index contributed by atoms with van der Waals surface area (Å²) in [5.41, 5.74) is 6.80. The molecule has 0 saturated carbocycles. The highest BCUT2D eigenvalue weighted by Gasteiger charge is 2.58. The summed E-state index contributed by atoms with van der Waals surface area (Å²) < 4.78 is 11.1. The molecule has 1 aromatic rings. The topological polar surface area (TPSA) is 102 Å². The Kier molecular flexibility index (Phi) is 8.38. The molecule has 0 aliphatic carbocycles. The molecule has 2 fully saturated rings. The van der Waals surface area contributed by atoms with E-state index in [1.165, 1.54) is 0 Å².